The fraction of sp³-hybridized carbons (Fsp3) is 0.143. The Morgan fingerprint density at radius 3 is 3.09 bits per heavy atom. The molecule has 0 amide bonds. The van der Waals surface area contributed by atoms with Crippen LogP contribution >= 0.6 is 8.96 Å². The van der Waals surface area contributed by atoms with Crippen molar-refractivity contribution in [3.63, 3.8) is 0 Å². The highest BCUT2D eigenvalue weighted by Gasteiger charge is 2.19. The van der Waals surface area contributed by atoms with E-state index in [9.17, 15) is 0 Å². The lowest BCUT2D eigenvalue weighted by molar-refractivity contribution is 0.650. The summed E-state index contributed by atoms with van der Waals surface area (Å²) < 4.78 is 6.96. The van der Waals surface area contributed by atoms with Gasteiger partial charge < -0.3 is 4.52 Å². The summed E-state index contributed by atoms with van der Waals surface area (Å²) in [4.78, 5) is 0. The van der Waals surface area contributed by atoms with Gasteiger partial charge in [-0.1, -0.05) is 12.1 Å². The number of hydrogen-bond donors (Lipinski definition) is 1. The predicted molar refractivity (Wildman–Crippen MR) is 46.8 cm³/mol. The maximum absolute atomic E-state index is 5.67. The van der Waals surface area contributed by atoms with E-state index in [0.717, 1.165) is 17.0 Å². The normalized spacial score (nSPS) is 16.7. The Labute approximate surface area is 67.0 Å². The number of fused-ring (bicyclic) bond motifs is 1. The Kier molecular flexibility index (Phi) is 1.48. The van der Waals surface area contributed by atoms with Gasteiger partial charge in [0.25, 0.3) is 0 Å². The van der Waals surface area contributed by atoms with Crippen LogP contribution in [0.1, 0.15) is 5.56 Å². The Hall–Kier alpha value is -0.790. The van der Waals surface area contributed by atoms with E-state index in [0.29, 0.717) is 0 Å². The molecule has 1 aliphatic heterocycles. The van der Waals surface area contributed by atoms with Crippen LogP contribution in [-0.2, 0) is 0 Å². The quantitative estimate of drug-likeness (QED) is 0.472. The van der Waals surface area contributed by atoms with E-state index in [1.807, 2.05) is 25.1 Å². The fourth-order valence-corrected chi connectivity index (χ4v) is 1.91. The molecule has 1 atom stereocenters. The van der Waals surface area contributed by atoms with Gasteiger partial charge in [-0.15, -0.1) is 0 Å². The monoisotopic (exact) mass is 168 g/mol. The Bertz CT molecular complexity index is 290. The number of hydrogen-bond acceptors (Lipinski definition) is 3. The molecule has 1 unspecified atom stereocenters. The minimum atomic E-state index is 0.228. The highest BCUT2D eigenvalue weighted by Crippen LogP contribution is 2.44. The van der Waals surface area contributed by atoms with Crippen molar-refractivity contribution in [1.29, 1.82) is 0 Å². The molecule has 0 bridgehead atoms. The second-order valence-corrected chi connectivity index (χ2v) is 3.35. The second kappa shape index (κ2) is 2.36. The standard InChI is InChI=1S/C7H9N2OP/c1-5-3-2-4-6-7(5)9(8)11-10-6/h2-4,11H,8H2,1H3. The van der Waals surface area contributed by atoms with E-state index in [1.54, 1.807) is 4.78 Å². The zero-order valence-corrected chi connectivity index (χ0v) is 7.16. The van der Waals surface area contributed by atoms with Crippen molar-refractivity contribution in [1.82, 2.24) is 0 Å². The van der Waals surface area contributed by atoms with Crippen molar-refractivity contribution in [2.24, 2.45) is 5.84 Å². The van der Waals surface area contributed by atoms with Crippen LogP contribution in [0, 0.1) is 6.92 Å². The van der Waals surface area contributed by atoms with Crippen LogP contribution in [0.25, 0.3) is 0 Å². The molecule has 1 heterocycles. The zero-order chi connectivity index (χ0) is 7.84. The van der Waals surface area contributed by atoms with E-state index in [4.69, 9.17) is 10.4 Å². The molecule has 4 heteroatoms. The minimum Gasteiger partial charge on any atom is -0.452 e. The molecule has 2 rings (SSSR count). The number of hydrazine groups is 1. The van der Waals surface area contributed by atoms with Crippen molar-refractivity contribution in [2.75, 3.05) is 4.78 Å². The molecule has 0 aromatic heterocycles. The summed E-state index contributed by atoms with van der Waals surface area (Å²) in [6.45, 7) is 2.03. The average Bonchev–Trinajstić information content (AvgIpc) is 2.34. The third kappa shape index (κ3) is 0.971. The molecule has 3 nitrogen and oxygen atoms in total. The topological polar surface area (TPSA) is 38.5 Å². The number of nitrogens with zero attached hydrogens (tertiary/aromatic N) is 1. The van der Waals surface area contributed by atoms with Crippen molar-refractivity contribution in [2.45, 2.75) is 6.92 Å². The van der Waals surface area contributed by atoms with Crippen LogP contribution in [-0.4, -0.2) is 0 Å². The zero-order valence-electron chi connectivity index (χ0n) is 6.16. The largest absolute Gasteiger partial charge is 0.452 e. The van der Waals surface area contributed by atoms with Gasteiger partial charge in [-0.25, -0.2) is 5.84 Å². The molecule has 2 N–H and O–H groups in total. The third-order valence-electron chi connectivity index (χ3n) is 1.70. The number of anilines is 1. The van der Waals surface area contributed by atoms with Gasteiger partial charge in [0.1, 0.15) is 5.69 Å². The molecule has 0 fully saturated rings. The number of aryl methyl sites for hydroxylation is 1. The molecule has 0 saturated carbocycles. The number of benzene rings is 1. The maximum atomic E-state index is 5.67. The lowest BCUT2D eigenvalue weighted by Gasteiger charge is -2.08. The van der Waals surface area contributed by atoms with Gasteiger partial charge in [-0.2, -0.15) is 0 Å². The maximum Gasteiger partial charge on any atom is 0.192 e. The minimum absolute atomic E-state index is 0.228. The van der Waals surface area contributed by atoms with Gasteiger partial charge in [0.15, 0.2) is 14.7 Å². The van der Waals surface area contributed by atoms with Crippen LogP contribution in [0.3, 0.4) is 0 Å². The highest BCUT2D eigenvalue weighted by molar-refractivity contribution is 7.35. The molecular weight excluding hydrogens is 159 g/mol. The van der Waals surface area contributed by atoms with Gasteiger partial charge in [0, 0.05) is 0 Å². The summed E-state index contributed by atoms with van der Waals surface area (Å²) in [5, 5.41) is 0. The molecule has 0 spiro atoms. The van der Waals surface area contributed by atoms with Gasteiger partial charge >= 0.3 is 0 Å². The van der Waals surface area contributed by atoms with Gasteiger partial charge in [0.05, 0.1) is 0 Å². The van der Waals surface area contributed by atoms with Crippen LogP contribution in [0.2, 0.25) is 0 Å². The molecule has 11 heavy (non-hydrogen) atoms. The third-order valence-corrected chi connectivity index (χ3v) is 2.43. The molecule has 0 aliphatic carbocycles. The summed E-state index contributed by atoms with van der Waals surface area (Å²) in [6, 6.07) is 5.93. The molecular formula is C7H9N2OP. The SMILES string of the molecule is Cc1cccc2c1N(N)PO2. The first-order valence-electron chi connectivity index (χ1n) is 3.36. The second-order valence-electron chi connectivity index (χ2n) is 2.49. The number of rotatable bonds is 0. The average molecular weight is 168 g/mol. The smallest absolute Gasteiger partial charge is 0.192 e. The Morgan fingerprint density at radius 2 is 2.36 bits per heavy atom. The fourth-order valence-electron chi connectivity index (χ4n) is 1.17. The molecule has 0 radical (unpaired) electrons. The van der Waals surface area contributed by atoms with Crippen molar-refractivity contribution < 1.29 is 4.52 Å². The lowest BCUT2D eigenvalue weighted by atomic mass is 10.2. The van der Waals surface area contributed by atoms with Crippen LogP contribution in [0.15, 0.2) is 18.2 Å². The van der Waals surface area contributed by atoms with Gasteiger partial charge in [-0.3, -0.25) is 4.78 Å². The number of nitrogens with two attached hydrogens (primary N) is 1. The van der Waals surface area contributed by atoms with Gasteiger partial charge in [0.2, 0.25) is 0 Å². The Balaban J connectivity index is 2.58. The first-order valence-corrected chi connectivity index (χ1v) is 4.21. The predicted octanol–water partition coefficient (Wildman–Crippen LogP) is 1.58. The Morgan fingerprint density at radius 1 is 1.55 bits per heavy atom. The first-order chi connectivity index (χ1) is 5.29. The highest BCUT2D eigenvalue weighted by atomic mass is 31.1. The van der Waals surface area contributed by atoms with Crippen LogP contribution in [0.4, 0.5) is 5.69 Å². The first kappa shape index (κ1) is 6.89. The van der Waals surface area contributed by atoms with Crippen molar-refractivity contribution in [3.05, 3.63) is 23.8 Å². The molecule has 0 saturated heterocycles. The van der Waals surface area contributed by atoms with Crippen molar-refractivity contribution >= 4 is 14.6 Å². The van der Waals surface area contributed by atoms with E-state index in [-0.39, 0.29) is 8.96 Å². The summed E-state index contributed by atoms with van der Waals surface area (Å²) >= 11 is 0. The molecule has 58 valence electrons. The van der Waals surface area contributed by atoms with Crippen molar-refractivity contribution in [3.8, 4) is 5.75 Å². The van der Waals surface area contributed by atoms with Gasteiger partial charge in [-0.05, 0) is 18.6 Å². The molecule has 1 aliphatic rings. The summed E-state index contributed by atoms with van der Waals surface area (Å²) in [7, 11) is 0.228. The van der Waals surface area contributed by atoms with Crippen LogP contribution < -0.4 is 15.1 Å². The van der Waals surface area contributed by atoms with Crippen LogP contribution in [0.5, 0.6) is 5.75 Å². The summed E-state index contributed by atoms with van der Waals surface area (Å²) in [6.07, 6.45) is 0. The van der Waals surface area contributed by atoms with E-state index in [1.165, 1.54) is 0 Å². The van der Waals surface area contributed by atoms with E-state index >= 15 is 0 Å². The lowest BCUT2D eigenvalue weighted by Crippen LogP contribution is -2.18. The summed E-state index contributed by atoms with van der Waals surface area (Å²) in [5.41, 5.74) is 2.18. The molecule has 1 aromatic carbocycles. The molecule has 1 aromatic rings. The number of para-hydroxylation sites is 1. The van der Waals surface area contributed by atoms with E-state index in [2.05, 4.69) is 0 Å². The summed E-state index contributed by atoms with van der Waals surface area (Å²) in [5.74, 6) is 6.56. The van der Waals surface area contributed by atoms with E-state index < -0.39 is 0 Å².